The Morgan fingerprint density at radius 1 is 1.14 bits per heavy atom. The van der Waals surface area contributed by atoms with Crippen molar-refractivity contribution in [3.63, 3.8) is 0 Å². The highest BCUT2D eigenvalue weighted by molar-refractivity contribution is 7.07. The van der Waals surface area contributed by atoms with Crippen LogP contribution in [0.5, 0.6) is 0 Å². The average molecular weight is 521 g/mol. The second kappa shape index (κ2) is 10.1. The molecule has 0 radical (unpaired) electrons. The van der Waals surface area contributed by atoms with Gasteiger partial charge in [0, 0.05) is 38.3 Å². The van der Waals surface area contributed by atoms with Gasteiger partial charge >= 0.3 is 5.97 Å². The lowest BCUT2D eigenvalue weighted by Gasteiger charge is -2.32. The third-order valence-corrected chi connectivity index (χ3v) is 8.03. The van der Waals surface area contributed by atoms with Crippen LogP contribution in [0.15, 0.2) is 61.9 Å². The Kier molecular flexibility index (Phi) is 6.92. The highest BCUT2D eigenvalue weighted by atomic mass is 32.1. The van der Waals surface area contributed by atoms with Crippen molar-refractivity contribution >= 4 is 29.3 Å². The van der Waals surface area contributed by atoms with Gasteiger partial charge in [0.2, 0.25) is 0 Å². The van der Waals surface area contributed by atoms with Crippen LogP contribution in [0.3, 0.4) is 0 Å². The predicted octanol–water partition coefficient (Wildman–Crippen LogP) is 2.88. The number of hydrogen-bond acceptors (Lipinski definition) is 8. The second-order valence-corrected chi connectivity index (χ2v) is 10.9. The van der Waals surface area contributed by atoms with E-state index in [9.17, 15) is 9.59 Å². The first-order valence-electron chi connectivity index (χ1n) is 12.5. The number of fused-ring (bicyclic) bond motifs is 1. The van der Waals surface area contributed by atoms with Crippen molar-refractivity contribution < 1.29 is 13.9 Å². The molecule has 2 aromatic heterocycles. The van der Waals surface area contributed by atoms with Crippen molar-refractivity contribution in [2.45, 2.75) is 32.7 Å². The van der Waals surface area contributed by atoms with Crippen molar-refractivity contribution in [3.05, 3.63) is 84.2 Å². The lowest BCUT2D eigenvalue weighted by atomic mass is 9.93. The van der Waals surface area contributed by atoms with E-state index >= 15 is 0 Å². The minimum Gasteiger partial charge on any atom is -0.466 e. The molecular formula is C28H32N4O4S. The molecule has 1 atom stereocenters. The van der Waals surface area contributed by atoms with Gasteiger partial charge in [-0.2, -0.15) is 0 Å². The predicted molar refractivity (Wildman–Crippen MR) is 145 cm³/mol. The molecular weight excluding hydrogens is 488 g/mol. The zero-order valence-corrected chi connectivity index (χ0v) is 22.7. The van der Waals surface area contributed by atoms with E-state index in [0.29, 0.717) is 32.3 Å². The molecule has 37 heavy (non-hydrogen) atoms. The van der Waals surface area contributed by atoms with Crippen LogP contribution >= 0.6 is 11.3 Å². The lowest BCUT2D eigenvalue weighted by Crippen LogP contribution is -2.44. The fourth-order valence-corrected chi connectivity index (χ4v) is 5.84. The summed E-state index contributed by atoms with van der Waals surface area (Å²) in [5, 5.41) is 0. The molecule has 2 aliphatic rings. The number of nitrogens with zero attached hydrogens (tertiary/aromatic N) is 4. The number of methoxy groups -OCH3 is 1. The molecule has 3 aromatic rings. The van der Waals surface area contributed by atoms with Crippen LogP contribution in [0.4, 0.5) is 5.88 Å². The molecule has 0 N–H and O–H groups in total. The first-order chi connectivity index (χ1) is 17.8. The molecule has 9 heteroatoms. The van der Waals surface area contributed by atoms with Crippen LogP contribution < -0.4 is 19.8 Å². The fraction of sp³-hybridized carbons (Fsp3) is 0.393. The van der Waals surface area contributed by atoms with Gasteiger partial charge in [-0.25, -0.2) is 9.79 Å². The Hall–Kier alpha value is -3.43. The number of carbonyl (C=O) groups excluding carboxylic acids is 1. The quantitative estimate of drug-likeness (QED) is 0.482. The summed E-state index contributed by atoms with van der Waals surface area (Å²) in [6.07, 6.45) is 1.76. The maximum atomic E-state index is 13.7. The fourth-order valence-electron chi connectivity index (χ4n) is 4.82. The maximum absolute atomic E-state index is 13.7. The minimum atomic E-state index is -0.621. The maximum Gasteiger partial charge on any atom is 0.338 e. The molecule has 1 fully saturated rings. The Morgan fingerprint density at radius 2 is 1.84 bits per heavy atom. The number of piperazine rings is 1. The van der Waals surface area contributed by atoms with Crippen molar-refractivity contribution in [1.29, 1.82) is 0 Å². The van der Waals surface area contributed by atoms with E-state index in [1.165, 1.54) is 24.0 Å². The molecule has 0 spiro atoms. The van der Waals surface area contributed by atoms with Gasteiger partial charge in [-0.15, -0.1) is 0 Å². The minimum absolute atomic E-state index is 0.215. The molecule has 1 unspecified atom stereocenters. The Bertz CT molecular complexity index is 1520. The van der Waals surface area contributed by atoms with Crippen molar-refractivity contribution in [2.75, 3.05) is 45.2 Å². The number of esters is 1. The number of likely N-dealkylation sites (N-methyl/N-ethyl adjacent to an activating group) is 1. The normalized spacial score (nSPS) is 18.8. The second-order valence-electron chi connectivity index (χ2n) is 9.86. The van der Waals surface area contributed by atoms with E-state index in [1.807, 2.05) is 36.4 Å². The number of allylic oxidation sites excluding steroid dienone is 1. The van der Waals surface area contributed by atoms with Crippen LogP contribution in [-0.4, -0.2) is 55.8 Å². The molecule has 1 saturated heterocycles. The molecule has 4 heterocycles. The summed E-state index contributed by atoms with van der Waals surface area (Å²) in [5.41, 5.74) is 2.72. The van der Waals surface area contributed by atoms with Crippen LogP contribution in [0, 0.1) is 0 Å². The van der Waals surface area contributed by atoms with E-state index in [0.717, 1.165) is 37.6 Å². The molecule has 0 amide bonds. The van der Waals surface area contributed by atoms with Crippen LogP contribution in [0.1, 0.15) is 49.6 Å². The van der Waals surface area contributed by atoms with Gasteiger partial charge in [0.05, 0.1) is 29.0 Å². The van der Waals surface area contributed by atoms with Crippen LogP contribution in [0.2, 0.25) is 0 Å². The summed E-state index contributed by atoms with van der Waals surface area (Å²) in [7, 11) is 3.46. The molecule has 8 nitrogen and oxygen atoms in total. The highest BCUT2D eigenvalue weighted by Gasteiger charge is 2.33. The summed E-state index contributed by atoms with van der Waals surface area (Å²) in [6.45, 7) is 9.81. The van der Waals surface area contributed by atoms with Gasteiger partial charge in [0.1, 0.15) is 5.76 Å². The number of anilines is 1. The number of carbonyl (C=O) groups is 1. The van der Waals surface area contributed by atoms with Crippen molar-refractivity contribution in [2.24, 2.45) is 4.99 Å². The zero-order chi connectivity index (χ0) is 26.3. The van der Waals surface area contributed by atoms with Crippen molar-refractivity contribution in [3.8, 4) is 0 Å². The molecule has 194 valence electrons. The van der Waals surface area contributed by atoms with E-state index in [4.69, 9.17) is 9.15 Å². The number of hydrogen-bond donors (Lipinski definition) is 0. The summed E-state index contributed by atoms with van der Waals surface area (Å²) < 4.78 is 13.3. The highest BCUT2D eigenvalue weighted by Crippen LogP contribution is 2.31. The Morgan fingerprint density at radius 3 is 2.49 bits per heavy atom. The monoisotopic (exact) mass is 520 g/mol. The molecule has 5 rings (SSSR count). The topological polar surface area (TPSA) is 80.3 Å². The van der Waals surface area contributed by atoms with Gasteiger partial charge in [0.15, 0.2) is 10.7 Å². The third-order valence-electron chi connectivity index (χ3n) is 7.05. The Balaban J connectivity index is 1.58. The SMILES string of the molecule is COC(=O)C1=C(C)N=c2s/c(=C\c3ccc(N4CCN(C)CC4)o3)c(=O)n2C1c1ccc(C(C)C)cc1. The number of rotatable bonds is 5. The smallest absolute Gasteiger partial charge is 0.338 e. The number of benzene rings is 1. The first-order valence-corrected chi connectivity index (χ1v) is 13.3. The van der Waals surface area contributed by atoms with Crippen LogP contribution in [0.25, 0.3) is 6.08 Å². The molecule has 0 saturated carbocycles. The van der Waals surface area contributed by atoms with Crippen LogP contribution in [-0.2, 0) is 9.53 Å². The summed E-state index contributed by atoms with van der Waals surface area (Å²) in [5.74, 6) is 1.30. The number of furan rings is 1. The summed E-state index contributed by atoms with van der Waals surface area (Å²) in [4.78, 5) is 36.3. The van der Waals surface area contributed by atoms with E-state index in [-0.39, 0.29) is 5.56 Å². The number of thiazole rings is 1. The zero-order valence-electron chi connectivity index (χ0n) is 21.9. The van der Waals surface area contributed by atoms with Gasteiger partial charge in [-0.1, -0.05) is 49.4 Å². The number of aromatic nitrogens is 1. The van der Waals surface area contributed by atoms with E-state index < -0.39 is 12.0 Å². The lowest BCUT2D eigenvalue weighted by molar-refractivity contribution is -0.136. The summed E-state index contributed by atoms with van der Waals surface area (Å²) in [6, 6.07) is 11.3. The third kappa shape index (κ3) is 4.81. The molecule has 0 aliphatic carbocycles. The summed E-state index contributed by atoms with van der Waals surface area (Å²) >= 11 is 1.30. The molecule has 2 aliphatic heterocycles. The van der Waals surface area contributed by atoms with Gasteiger partial charge in [-0.3, -0.25) is 9.36 Å². The number of ether oxygens (including phenoxy) is 1. The first kappa shape index (κ1) is 25.2. The van der Waals surface area contributed by atoms with Crippen molar-refractivity contribution in [1.82, 2.24) is 9.47 Å². The molecule has 1 aromatic carbocycles. The van der Waals surface area contributed by atoms with Gasteiger partial charge < -0.3 is 19.0 Å². The Labute approximate surface area is 219 Å². The standard InChI is InChI=1S/C28H32N4O4S/c1-17(2)19-6-8-20(9-7-19)25-24(27(34)35-5)18(3)29-28-32(25)26(33)22(37-28)16-21-10-11-23(36-21)31-14-12-30(4)13-15-31/h6-11,16-17,25H,12-15H2,1-5H3/b22-16-. The largest absolute Gasteiger partial charge is 0.466 e. The molecule has 0 bridgehead atoms. The average Bonchev–Trinajstić information content (AvgIpc) is 3.47. The van der Waals surface area contributed by atoms with Gasteiger partial charge in [0.25, 0.3) is 5.56 Å². The van der Waals surface area contributed by atoms with E-state index in [1.54, 1.807) is 17.6 Å². The van der Waals surface area contributed by atoms with E-state index in [2.05, 4.69) is 35.7 Å². The van der Waals surface area contributed by atoms with Gasteiger partial charge in [-0.05, 0) is 37.1 Å².